The second-order valence-electron chi connectivity index (χ2n) is 8.48. The summed E-state index contributed by atoms with van der Waals surface area (Å²) < 4.78 is 0. The van der Waals surface area contributed by atoms with Crippen molar-refractivity contribution in [2.24, 2.45) is 11.8 Å². The third-order valence-corrected chi connectivity index (χ3v) is 7.06. The molecule has 2 bridgehead atoms. The molecule has 1 aromatic carbocycles. The summed E-state index contributed by atoms with van der Waals surface area (Å²) in [5.41, 5.74) is 2.04. The Hall–Kier alpha value is -1.39. The van der Waals surface area contributed by atoms with Gasteiger partial charge in [-0.2, -0.15) is 0 Å². The molecule has 1 aromatic rings. The maximum absolute atomic E-state index is 13.4. The van der Waals surface area contributed by atoms with E-state index in [0.29, 0.717) is 30.0 Å². The van der Waals surface area contributed by atoms with Crippen molar-refractivity contribution in [2.75, 3.05) is 33.2 Å². The second-order valence-corrected chi connectivity index (χ2v) is 8.48. The SMILES string of the molecule is CN1CC[C@]23C(=O)CN(CC4CC4)C[C@H]2[C@H]1Cc1ccc(O)cc13. The molecule has 0 aromatic heterocycles. The molecule has 4 nitrogen and oxygen atoms in total. The van der Waals surface area contributed by atoms with E-state index in [0.717, 1.165) is 44.0 Å². The Labute approximate surface area is 143 Å². The fourth-order valence-electron chi connectivity index (χ4n) is 5.62. The number of carbonyl (C=O) groups excluding carboxylic acids is 1. The average molecular weight is 326 g/mol. The largest absolute Gasteiger partial charge is 0.508 e. The van der Waals surface area contributed by atoms with Crippen LogP contribution in [0.2, 0.25) is 0 Å². The van der Waals surface area contributed by atoms with E-state index in [4.69, 9.17) is 0 Å². The molecule has 2 aliphatic carbocycles. The molecular weight excluding hydrogens is 300 g/mol. The number of piperidine rings is 2. The van der Waals surface area contributed by atoms with E-state index in [2.05, 4.69) is 16.8 Å². The van der Waals surface area contributed by atoms with Gasteiger partial charge in [0, 0.05) is 25.0 Å². The first-order chi connectivity index (χ1) is 11.6. The van der Waals surface area contributed by atoms with Gasteiger partial charge >= 0.3 is 0 Å². The number of benzene rings is 1. The van der Waals surface area contributed by atoms with Gasteiger partial charge in [-0.3, -0.25) is 9.69 Å². The lowest BCUT2D eigenvalue weighted by Crippen LogP contribution is -2.68. The number of hydrogen-bond acceptors (Lipinski definition) is 4. The molecular formula is C20H26N2O2. The molecule has 1 N–H and O–H groups in total. The summed E-state index contributed by atoms with van der Waals surface area (Å²) in [6.45, 7) is 3.71. The highest BCUT2D eigenvalue weighted by atomic mass is 16.3. The van der Waals surface area contributed by atoms with Crippen molar-refractivity contribution in [1.29, 1.82) is 0 Å². The van der Waals surface area contributed by atoms with Gasteiger partial charge in [0.05, 0.1) is 12.0 Å². The van der Waals surface area contributed by atoms with Gasteiger partial charge in [0.15, 0.2) is 5.78 Å². The number of phenols is 1. The highest BCUT2D eigenvalue weighted by molar-refractivity contribution is 5.94. The number of aromatic hydroxyl groups is 1. The maximum Gasteiger partial charge on any atom is 0.157 e. The number of rotatable bonds is 2. The van der Waals surface area contributed by atoms with E-state index in [-0.39, 0.29) is 5.41 Å². The van der Waals surface area contributed by atoms with Crippen LogP contribution in [0.1, 0.15) is 30.4 Å². The monoisotopic (exact) mass is 326 g/mol. The molecule has 2 aliphatic heterocycles. The molecule has 128 valence electrons. The molecule has 4 aliphatic rings. The van der Waals surface area contributed by atoms with E-state index in [1.807, 2.05) is 12.1 Å². The van der Waals surface area contributed by atoms with Crippen molar-refractivity contribution in [3.8, 4) is 5.75 Å². The van der Waals surface area contributed by atoms with Gasteiger partial charge in [-0.25, -0.2) is 0 Å². The minimum atomic E-state index is -0.358. The lowest BCUT2D eigenvalue weighted by molar-refractivity contribution is -0.139. The lowest BCUT2D eigenvalue weighted by Gasteiger charge is -2.58. The van der Waals surface area contributed by atoms with Crippen LogP contribution in [0, 0.1) is 11.8 Å². The average Bonchev–Trinajstić information content (AvgIpc) is 3.35. The minimum absolute atomic E-state index is 0.299. The van der Waals surface area contributed by atoms with Crippen LogP contribution in [0.15, 0.2) is 18.2 Å². The molecule has 0 amide bonds. The van der Waals surface area contributed by atoms with E-state index >= 15 is 0 Å². The van der Waals surface area contributed by atoms with E-state index in [1.54, 1.807) is 6.07 Å². The number of likely N-dealkylation sites (N-methyl/N-ethyl adjacent to an activating group) is 1. The van der Waals surface area contributed by atoms with Gasteiger partial charge < -0.3 is 10.0 Å². The smallest absolute Gasteiger partial charge is 0.157 e. The van der Waals surface area contributed by atoms with Crippen LogP contribution >= 0.6 is 0 Å². The predicted molar refractivity (Wildman–Crippen MR) is 92.2 cm³/mol. The van der Waals surface area contributed by atoms with E-state index in [9.17, 15) is 9.90 Å². The lowest BCUT2D eigenvalue weighted by atomic mass is 9.54. The number of carbonyl (C=O) groups is 1. The first-order valence-corrected chi connectivity index (χ1v) is 9.36. The Morgan fingerprint density at radius 3 is 2.96 bits per heavy atom. The summed E-state index contributed by atoms with van der Waals surface area (Å²) in [6.07, 6.45) is 4.57. The molecule has 2 saturated heterocycles. The summed E-state index contributed by atoms with van der Waals surface area (Å²) >= 11 is 0. The first kappa shape index (κ1) is 14.9. The fraction of sp³-hybridized carbons (Fsp3) is 0.650. The number of phenolic OH excluding ortho intramolecular Hbond substituents is 1. The third-order valence-electron chi connectivity index (χ3n) is 7.06. The molecule has 3 fully saturated rings. The molecule has 24 heavy (non-hydrogen) atoms. The van der Waals surface area contributed by atoms with Crippen molar-refractivity contribution in [2.45, 2.75) is 37.1 Å². The number of nitrogens with zero attached hydrogens (tertiary/aromatic N) is 2. The van der Waals surface area contributed by atoms with Crippen LogP contribution in [0.5, 0.6) is 5.75 Å². The van der Waals surface area contributed by atoms with Crippen molar-refractivity contribution >= 4 is 5.78 Å². The fourth-order valence-corrected chi connectivity index (χ4v) is 5.62. The molecule has 4 heteroatoms. The maximum atomic E-state index is 13.4. The van der Waals surface area contributed by atoms with Gasteiger partial charge in [-0.05, 0) is 68.5 Å². The van der Waals surface area contributed by atoms with Crippen molar-refractivity contribution in [3.05, 3.63) is 29.3 Å². The normalized spacial score (nSPS) is 36.3. The standard InChI is InChI=1S/C20H26N2O2/c1-21-7-6-20-16-9-15(23)5-4-14(16)8-18(21)17(20)11-22(12-19(20)24)10-13-2-3-13/h4-5,9,13,17-18,23H,2-3,6-8,10-12H2,1H3/t17-,18+,20+/m0/s1. The van der Waals surface area contributed by atoms with E-state index in [1.165, 1.54) is 18.4 Å². The predicted octanol–water partition coefficient (Wildman–Crippen LogP) is 1.80. The van der Waals surface area contributed by atoms with Crippen LogP contribution in [0.4, 0.5) is 0 Å². The van der Waals surface area contributed by atoms with Gasteiger partial charge in [0.25, 0.3) is 0 Å². The second kappa shape index (κ2) is 5.06. The highest BCUT2D eigenvalue weighted by Gasteiger charge is 2.59. The summed E-state index contributed by atoms with van der Waals surface area (Å²) in [5, 5.41) is 10.1. The van der Waals surface area contributed by atoms with Gasteiger partial charge in [0.2, 0.25) is 0 Å². The Kier molecular flexibility index (Phi) is 3.14. The number of hydrogen-bond donors (Lipinski definition) is 1. The van der Waals surface area contributed by atoms with Crippen molar-refractivity contribution in [3.63, 3.8) is 0 Å². The zero-order chi connectivity index (χ0) is 16.5. The number of fused-ring (bicyclic) bond motifs is 1. The van der Waals surface area contributed by atoms with Gasteiger partial charge in [0.1, 0.15) is 5.75 Å². The van der Waals surface area contributed by atoms with E-state index < -0.39 is 0 Å². The first-order valence-electron chi connectivity index (χ1n) is 9.36. The highest BCUT2D eigenvalue weighted by Crippen LogP contribution is 2.52. The zero-order valence-corrected chi connectivity index (χ0v) is 14.4. The Balaban J connectivity index is 1.60. The molecule has 0 unspecified atom stereocenters. The Bertz CT molecular complexity index is 699. The number of ketones is 1. The summed E-state index contributed by atoms with van der Waals surface area (Å²) in [7, 11) is 2.21. The zero-order valence-electron chi connectivity index (χ0n) is 14.4. The number of likely N-dealkylation sites (tertiary alicyclic amines) is 2. The minimum Gasteiger partial charge on any atom is -0.508 e. The van der Waals surface area contributed by atoms with Crippen LogP contribution in [0.3, 0.4) is 0 Å². The Morgan fingerprint density at radius 2 is 2.17 bits per heavy atom. The molecule has 0 spiro atoms. The van der Waals surface area contributed by atoms with Crippen LogP contribution < -0.4 is 0 Å². The summed E-state index contributed by atoms with van der Waals surface area (Å²) in [4.78, 5) is 18.3. The van der Waals surface area contributed by atoms with Crippen LogP contribution in [-0.4, -0.2) is 60.0 Å². The summed E-state index contributed by atoms with van der Waals surface area (Å²) in [6, 6.07) is 6.15. The molecule has 5 rings (SSSR count). The quantitative estimate of drug-likeness (QED) is 0.900. The number of Topliss-reactive ketones (excluding diaryl/α,β-unsaturated/α-hetero) is 1. The van der Waals surface area contributed by atoms with Crippen LogP contribution in [-0.2, 0) is 16.6 Å². The molecule has 3 atom stereocenters. The van der Waals surface area contributed by atoms with Gasteiger partial charge in [-0.1, -0.05) is 6.07 Å². The summed E-state index contributed by atoms with van der Waals surface area (Å²) in [5.74, 6) is 1.88. The van der Waals surface area contributed by atoms with Crippen LogP contribution in [0.25, 0.3) is 0 Å². The topological polar surface area (TPSA) is 43.8 Å². The molecule has 1 saturated carbocycles. The molecule has 2 heterocycles. The van der Waals surface area contributed by atoms with Crippen molar-refractivity contribution < 1.29 is 9.90 Å². The van der Waals surface area contributed by atoms with Gasteiger partial charge in [-0.15, -0.1) is 0 Å². The molecule has 0 radical (unpaired) electrons. The third kappa shape index (κ3) is 2.02. The van der Waals surface area contributed by atoms with Crippen molar-refractivity contribution in [1.82, 2.24) is 9.80 Å². The Morgan fingerprint density at radius 1 is 1.33 bits per heavy atom.